The summed E-state index contributed by atoms with van der Waals surface area (Å²) in [7, 11) is 0. The van der Waals surface area contributed by atoms with Gasteiger partial charge < -0.3 is 10.0 Å². The van der Waals surface area contributed by atoms with E-state index >= 15 is 0 Å². The number of hydrogen-bond acceptors (Lipinski definition) is 2. The first kappa shape index (κ1) is 12.0. The molecule has 1 N–H and O–H groups in total. The van der Waals surface area contributed by atoms with Crippen molar-refractivity contribution in [3.05, 3.63) is 0 Å². The Morgan fingerprint density at radius 2 is 2.14 bits per heavy atom. The summed E-state index contributed by atoms with van der Waals surface area (Å²) in [6, 6.07) is 0. The van der Waals surface area contributed by atoms with E-state index in [2.05, 4.69) is 25.7 Å². The summed E-state index contributed by atoms with van der Waals surface area (Å²) in [6.07, 6.45) is 3.54. The Balaban J connectivity index is 2.13. The van der Waals surface area contributed by atoms with Gasteiger partial charge in [-0.3, -0.25) is 0 Å². The molecule has 1 rings (SSSR count). The topological polar surface area (TPSA) is 23.5 Å². The minimum absolute atomic E-state index is 0.0589. The zero-order valence-corrected chi connectivity index (χ0v) is 9.87. The number of piperidine rings is 1. The average molecular weight is 199 g/mol. The van der Waals surface area contributed by atoms with E-state index < -0.39 is 0 Å². The summed E-state index contributed by atoms with van der Waals surface area (Å²) in [6.45, 7) is 10.1. The fourth-order valence-electron chi connectivity index (χ4n) is 2.15. The van der Waals surface area contributed by atoms with Crippen LogP contribution in [-0.4, -0.2) is 35.7 Å². The first-order valence-corrected chi connectivity index (χ1v) is 6.00. The zero-order chi connectivity index (χ0) is 10.6. The van der Waals surface area contributed by atoms with E-state index in [1.165, 1.54) is 19.4 Å². The van der Waals surface area contributed by atoms with Gasteiger partial charge in [-0.05, 0) is 37.6 Å². The van der Waals surface area contributed by atoms with Gasteiger partial charge in [-0.2, -0.15) is 0 Å². The lowest BCUT2D eigenvalue weighted by Crippen LogP contribution is -2.42. The van der Waals surface area contributed by atoms with Crippen molar-refractivity contribution in [1.82, 2.24) is 4.90 Å². The van der Waals surface area contributed by atoms with Gasteiger partial charge in [0.05, 0.1) is 6.10 Å². The molecule has 0 spiro atoms. The molecular weight excluding hydrogens is 174 g/mol. The number of hydrogen-bond donors (Lipinski definition) is 1. The van der Waals surface area contributed by atoms with Crippen molar-refractivity contribution in [2.75, 3.05) is 19.6 Å². The molecule has 2 heteroatoms. The van der Waals surface area contributed by atoms with E-state index in [9.17, 15) is 5.11 Å². The molecule has 0 saturated carbocycles. The summed E-state index contributed by atoms with van der Waals surface area (Å²) < 4.78 is 0. The fourth-order valence-corrected chi connectivity index (χ4v) is 2.15. The van der Waals surface area contributed by atoms with Crippen LogP contribution in [0.5, 0.6) is 0 Å². The summed E-state index contributed by atoms with van der Waals surface area (Å²) in [5, 5.41) is 9.58. The van der Waals surface area contributed by atoms with E-state index in [1.54, 1.807) is 0 Å². The SMILES string of the molecule is CC(C)CCCN1CCC(O)C(C)C1. The van der Waals surface area contributed by atoms with Crippen LogP contribution in [0.3, 0.4) is 0 Å². The number of rotatable bonds is 4. The predicted molar refractivity (Wildman–Crippen MR) is 60.3 cm³/mol. The zero-order valence-electron chi connectivity index (χ0n) is 9.87. The molecule has 84 valence electrons. The van der Waals surface area contributed by atoms with Crippen LogP contribution in [0.2, 0.25) is 0 Å². The van der Waals surface area contributed by atoms with Crippen molar-refractivity contribution in [3.8, 4) is 0 Å². The highest BCUT2D eigenvalue weighted by Crippen LogP contribution is 2.17. The number of aliphatic hydroxyl groups is 1. The third-order valence-electron chi connectivity index (χ3n) is 3.20. The van der Waals surface area contributed by atoms with Gasteiger partial charge in [-0.15, -0.1) is 0 Å². The van der Waals surface area contributed by atoms with Crippen molar-refractivity contribution in [1.29, 1.82) is 0 Å². The van der Waals surface area contributed by atoms with Crippen molar-refractivity contribution < 1.29 is 5.11 Å². The quantitative estimate of drug-likeness (QED) is 0.749. The third-order valence-corrected chi connectivity index (χ3v) is 3.20. The minimum atomic E-state index is -0.0589. The maximum atomic E-state index is 9.58. The monoisotopic (exact) mass is 199 g/mol. The lowest BCUT2D eigenvalue weighted by atomic mass is 9.96. The van der Waals surface area contributed by atoms with Crippen molar-refractivity contribution in [2.45, 2.75) is 46.1 Å². The molecular formula is C12H25NO. The van der Waals surface area contributed by atoms with Crippen LogP contribution >= 0.6 is 0 Å². The number of nitrogens with zero attached hydrogens (tertiary/aromatic N) is 1. The fraction of sp³-hybridized carbons (Fsp3) is 1.00. The second kappa shape index (κ2) is 5.72. The molecule has 0 aromatic rings. The van der Waals surface area contributed by atoms with Crippen LogP contribution in [0.1, 0.15) is 40.0 Å². The van der Waals surface area contributed by atoms with Gasteiger partial charge in [-0.1, -0.05) is 20.8 Å². The van der Waals surface area contributed by atoms with Gasteiger partial charge in [0.1, 0.15) is 0 Å². The molecule has 2 unspecified atom stereocenters. The van der Waals surface area contributed by atoms with Crippen molar-refractivity contribution in [2.24, 2.45) is 11.8 Å². The highest BCUT2D eigenvalue weighted by atomic mass is 16.3. The smallest absolute Gasteiger partial charge is 0.0590 e. The highest BCUT2D eigenvalue weighted by Gasteiger charge is 2.23. The van der Waals surface area contributed by atoms with Crippen LogP contribution in [0.15, 0.2) is 0 Å². The molecule has 0 aliphatic carbocycles. The van der Waals surface area contributed by atoms with E-state index in [1.807, 2.05) is 0 Å². The highest BCUT2D eigenvalue weighted by molar-refractivity contribution is 4.76. The first-order chi connectivity index (χ1) is 6.59. The van der Waals surface area contributed by atoms with Crippen molar-refractivity contribution in [3.63, 3.8) is 0 Å². The van der Waals surface area contributed by atoms with Gasteiger partial charge in [0.2, 0.25) is 0 Å². The summed E-state index contributed by atoms with van der Waals surface area (Å²) in [5.41, 5.74) is 0. The molecule has 1 heterocycles. The van der Waals surface area contributed by atoms with E-state index in [-0.39, 0.29) is 6.10 Å². The van der Waals surface area contributed by atoms with Crippen LogP contribution in [0, 0.1) is 11.8 Å². The molecule has 0 amide bonds. The van der Waals surface area contributed by atoms with Crippen LogP contribution in [0.4, 0.5) is 0 Å². The normalized spacial score (nSPS) is 29.8. The molecule has 14 heavy (non-hydrogen) atoms. The molecule has 1 saturated heterocycles. The number of likely N-dealkylation sites (tertiary alicyclic amines) is 1. The third kappa shape index (κ3) is 3.97. The van der Waals surface area contributed by atoms with E-state index in [0.29, 0.717) is 5.92 Å². The molecule has 0 aromatic carbocycles. The van der Waals surface area contributed by atoms with Gasteiger partial charge >= 0.3 is 0 Å². The Labute approximate surface area is 88.3 Å². The molecule has 1 aliphatic rings. The lowest BCUT2D eigenvalue weighted by Gasteiger charge is -2.34. The van der Waals surface area contributed by atoms with Gasteiger partial charge in [0.25, 0.3) is 0 Å². The molecule has 1 fully saturated rings. The second-order valence-electron chi connectivity index (χ2n) is 5.17. The van der Waals surface area contributed by atoms with Crippen LogP contribution < -0.4 is 0 Å². The standard InChI is InChI=1S/C12H25NO/c1-10(2)5-4-7-13-8-6-12(14)11(3)9-13/h10-12,14H,4-9H2,1-3H3. The molecule has 2 nitrogen and oxygen atoms in total. The Morgan fingerprint density at radius 3 is 2.71 bits per heavy atom. The van der Waals surface area contributed by atoms with Crippen LogP contribution in [-0.2, 0) is 0 Å². The van der Waals surface area contributed by atoms with Gasteiger partial charge in [-0.25, -0.2) is 0 Å². The predicted octanol–water partition coefficient (Wildman–Crippen LogP) is 2.13. The van der Waals surface area contributed by atoms with E-state index in [0.717, 1.165) is 25.4 Å². The maximum Gasteiger partial charge on any atom is 0.0590 e. The molecule has 1 aliphatic heterocycles. The Morgan fingerprint density at radius 1 is 1.43 bits per heavy atom. The van der Waals surface area contributed by atoms with E-state index in [4.69, 9.17) is 0 Å². The second-order valence-corrected chi connectivity index (χ2v) is 5.17. The molecule has 2 atom stereocenters. The number of aliphatic hydroxyl groups excluding tert-OH is 1. The van der Waals surface area contributed by atoms with Crippen LogP contribution in [0.25, 0.3) is 0 Å². The average Bonchev–Trinajstić information content (AvgIpc) is 2.10. The maximum absolute atomic E-state index is 9.58. The Bertz CT molecular complexity index is 158. The van der Waals surface area contributed by atoms with Gasteiger partial charge in [0, 0.05) is 13.1 Å². The summed E-state index contributed by atoms with van der Waals surface area (Å²) in [5.74, 6) is 1.28. The van der Waals surface area contributed by atoms with Crippen molar-refractivity contribution >= 4 is 0 Å². The van der Waals surface area contributed by atoms with Gasteiger partial charge in [0.15, 0.2) is 0 Å². The molecule has 0 radical (unpaired) electrons. The lowest BCUT2D eigenvalue weighted by molar-refractivity contribution is 0.0342. The minimum Gasteiger partial charge on any atom is -0.393 e. The molecule has 0 aromatic heterocycles. The first-order valence-electron chi connectivity index (χ1n) is 6.00. The molecule has 0 bridgehead atoms. The largest absolute Gasteiger partial charge is 0.393 e. The summed E-state index contributed by atoms with van der Waals surface area (Å²) >= 11 is 0. The summed E-state index contributed by atoms with van der Waals surface area (Å²) in [4.78, 5) is 2.50. The Hall–Kier alpha value is -0.0800. The Kier molecular flexibility index (Phi) is 4.90.